The maximum atomic E-state index is 2.51. The molecule has 0 spiro atoms. The minimum Gasteiger partial charge on any atom is -0.121 e. The van der Waals surface area contributed by atoms with Crippen molar-refractivity contribution in [2.24, 2.45) is 5.92 Å². The third-order valence-electron chi connectivity index (χ3n) is 3.46. The van der Waals surface area contributed by atoms with Crippen molar-refractivity contribution in [1.29, 1.82) is 0 Å². The van der Waals surface area contributed by atoms with Crippen molar-refractivity contribution in [1.82, 2.24) is 0 Å². The summed E-state index contributed by atoms with van der Waals surface area (Å²) in [6.07, 6.45) is 16.2. The molecule has 0 fully saturated rings. The lowest BCUT2D eigenvalue weighted by Crippen LogP contribution is -2.03. The fourth-order valence-corrected chi connectivity index (χ4v) is 5.27. The Balaban J connectivity index is 2.25. The van der Waals surface area contributed by atoms with Crippen LogP contribution in [0.3, 0.4) is 0 Å². The van der Waals surface area contributed by atoms with Crippen LogP contribution in [0.25, 0.3) is 0 Å². The summed E-state index contributed by atoms with van der Waals surface area (Å²) in [7, 11) is 2.33. The summed E-state index contributed by atoms with van der Waals surface area (Å²) in [6.45, 7) is 6.86. The van der Waals surface area contributed by atoms with Gasteiger partial charge in [0.1, 0.15) is 0 Å². The molecule has 0 aliphatic heterocycles. The Morgan fingerprint density at radius 2 is 1.72 bits per heavy atom. The topological polar surface area (TPSA) is 0 Å². The molecular weight excluding hydrogens is 254 g/mol. The van der Waals surface area contributed by atoms with Crippen molar-refractivity contribution in [3.05, 3.63) is 23.3 Å². The first-order valence-corrected chi connectivity index (χ1v) is 10.4. The Morgan fingerprint density at radius 1 is 1.06 bits per heavy atom. The van der Waals surface area contributed by atoms with Crippen LogP contribution < -0.4 is 0 Å². The molecular formula is C16H30P2. The molecule has 3 unspecified atom stereocenters. The summed E-state index contributed by atoms with van der Waals surface area (Å²) in [5.74, 6) is 0.800. The molecule has 0 aromatic rings. The standard InChI is InChI=1S/C16H30P2/c1-4-6-8-17-12-15-10-14(3)11-16(15)13-18-9-7-5-2/h10-11,15,17-18H,4-9,12-13H2,1-3H3. The Morgan fingerprint density at radius 3 is 2.39 bits per heavy atom. The van der Waals surface area contributed by atoms with Crippen LogP contribution in [0.4, 0.5) is 0 Å². The zero-order valence-corrected chi connectivity index (χ0v) is 14.4. The molecule has 0 aromatic heterocycles. The number of allylic oxidation sites excluding steroid dienone is 4. The van der Waals surface area contributed by atoms with E-state index in [1.807, 2.05) is 0 Å². The van der Waals surface area contributed by atoms with Gasteiger partial charge in [0.2, 0.25) is 0 Å². The van der Waals surface area contributed by atoms with Crippen LogP contribution in [0.15, 0.2) is 23.3 Å². The van der Waals surface area contributed by atoms with Gasteiger partial charge in [0.05, 0.1) is 0 Å². The molecule has 0 nitrogen and oxygen atoms in total. The van der Waals surface area contributed by atoms with Crippen LogP contribution in [-0.4, -0.2) is 24.6 Å². The van der Waals surface area contributed by atoms with Gasteiger partial charge in [-0.15, -0.1) is 17.2 Å². The van der Waals surface area contributed by atoms with Gasteiger partial charge in [0.25, 0.3) is 0 Å². The first-order valence-electron chi connectivity index (χ1n) is 7.58. The number of hydrogen-bond acceptors (Lipinski definition) is 0. The average Bonchev–Trinajstić information content (AvgIpc) is 2.71. The summed E-state index contributed by atoms with van der Waals surface area (Å²) >= 11 is 0. The normalized spacial score (nSPS) is 20.3. The van der Waals surface area contributed by atoms with Crippen molar-refractivity contribution in [2.75, 3.05) is 24.6 Å². The third kappa shape index (κ3) is 6.49. The number of unbranched alkanes of at least 4 members (excludes halogenated alkanes) is 2. The third-order valence-corrected chi connectivity index (χ3v) is 6.26. The molecule has 0 bridgehead atoms. The van der Waals surface area contributed by atoms with Crippen LogP contribution >= 0.6 is 17.2 Å². The van der Waals surface area contributed by atoms with Crippen molar-refractivity contribution in [3.63, 3.8) is 0 Å². The predicted molar refractivity (Wildman–Crippen MR) is 91.2 cm³/mol. The maximum Gasteiger partial charge on any atom is 0.00260 e. The molecule has 2 heteroatoms. The summed E-state index contributed by atoms with van der Waals surface area (Å²) in [6, 6.07) is 0. The molecule has 18 heavy (non-hydrogen) atoms. The highest BCUT2D eigenvalue weighted by Crippen LogP contribution is 2.33. The molecule has 0 saturated carbocycles. The minimum atomic E-state index is 0.800. The second kappa shape index (κ2) is 10.2. The largest absolute Gasteiger partial charge is 0.121 e. The molecule has 0 saturated heterocycles. The van der Waals surface area contributed by atoms with E-state index in [1.165, 1.54) is 64.5 Å². The van der Waals surface area contributed by atoms with Crippen LogP contribution in [0.5, 0.6) is 0 Å². The van der Waals surface area contributed by atoms with E-state index < -0.39 is 0 Å². The Kier molecular flexibility index (Phi) is 9.26. The van der Waals surface area contributed by atoms with Crippen molar-refractivity contribution < 1.29 is 0 Å². The lowest BCUT2D eigenvalue weighted by molar-refractivity contribution is 0.868. The van der Waals surface area contributed by atoms with E-state index in [2.05, 4.69) is 32.9 Å². The summed E-state index contributed by atoms with van der Waals surface area (Å²) in [4.78, 5) is 0. The molecule has 1 aliphatic rings. The van der Waals surface area contributed by atoms with Crippen molar-refractivity contribution in [3.8, 4) is 0 Å². The highest BCUT2D eigenvalue weighted by atomic mass is 31.1. The van der Waals surface area contributed by atoms with Gasteiger partial charge in [-0.2, -0.15) is 0 Å². The Bertz CT molecular complexity index is 279. The van der Waals surface area contributed by atoms with E-state index in [0.29, 0.717) is 0 Å². The van der Waals surface area contributed by atoms with Gasteiger partial charge >= 0.3 is 0 Å². The van der Waals surface area contributed by atoms with Gasteiger partial charge in [0.15, 0.2) is 0 Å². The fraction of sp³-hybridized carbons (Fsp3) is 0.750. The zero-order valence-electron chi connectivity index (χ0n) is 12.4. The van der Waals surface area contributed by atoms with E-state index in [0.717, 1.165) is 14.5 Å². The van der Waals surface area contributed by atoms with Crippen LogP contribution in [0.1, 0.15) is 46.5 Å². The highest BCUT2D eigenvalue weighted by molar-refractivity contribution is 7.38. The molecule has 1 rings (SSSR count). The van der Waals surface area contributed by atoms with Crippen molar-refractivity contribution >= 4 is 17.2 Å². The predicted octanol–water partition coefficient (Wildman–Crippen LogP) is 5.45. The van der Waals surface area contributed by atoms with Crippen LogP contribution in [0, 0.1) is 5.92 Å². The fourth-order valence-electron chi connectivity index (χ4n) is 2.34. The van der Waals surface area contributed by atoms with Crippen LogP contribution in [0.2, 0.25) is 0 Å². The quantitative estimate of drug-likeness (QED) is 0.370. The van der Waals surface area contributed by atoms with E-state index in [-0.39, 0.29) is 0 Å². The van der Waals surface area contributed by atoms with Gasteiger partial charge in [-0.3, -0.25) is 0 Å². The molecule has 0 heterocycles. The van der Waals surface area contributed by atoms with Gasteiger partial charge in [-0.05, 0) is 44.4 Å². The average molecular weight is 284 g/mol. The Hall–Kier alpha value is 0.340. The second-order valence-corrected chi connectivity index (χ2v) is 8.09. The number of rotatable bonds is 10. The Labute approximate surface area is 118 Å². The smallest absolute Gasteiger partial charge is 0.00260 e. The van der Waals surface area contributed by atoms with Gasteiger partial charge < -0.3 is 0 Å². The summed E-state index contributed by atoms with van der Waals surface area (Å²) in [5, 5.41) is 0. The van der Waals surface area contributed by atoms with Gasteiger partial charge in [-0.1, -0.05) is 50.0 Å². The maximum absolute atomic E-state index is 2.51. The first kappa shape index (κ1) is 16.4. The molecule has 0 aromatic carbocycles. The van der Waals surface area contributed by atoms with Gasteiger partial charge in [0, 0.05) is 5.92 Å². The summed E-state index contributed by atoms with van der Waals surface area (Å²) < 4.78 is 0. The van der Waals surface area contributed by atoms with Gasteiger partial charge in [-0.25, -0.2) is 0 Å². The molecule has 0 N–H and O–H groups in total. The van der Waals surface area contributed by atoms with E-state index in [1.54, 1.807) is 5.57 Å². The lowest BCUT2D eigenvalue weighted by Gasteiger charge is -2.13. The minimum absolute atomic E-state index is 0.800. The monoisotopic (exact) mass is 284 g/mol. The molecule has 0 amide bonds. The molecule has 0 radical (unpaired) electrons. The van der Waals surface area contributed by atoms with E-state index >= 15 is 0 Å². The van der Waals surface area contributed by atoms with Crippen LogP contribution in [-0.2, 0) is 0 Å². The van der Waals surface area contributed by atoms with E-state index in [9.17, 15) is 0 Å². The summed E-state index contributed by atoms with van der Waals surface area (Å²) in [5.41, 5.74) is 3.25. The molecule has 3 atom stereocenters. The molecule has 1 aliphatic carbocycles. The highest BCUT2D eigenvalue weighted by Gasteiger charge is 2.16. The number of hydrogen-bond donors (Lipinski definition) is 0. The second-order valence-electron chi connectivity index (χ2n) is 5.32. The molecule has 104 valence electrons. The SMILES string of the molecule is CCCCPCC1=CC(C)=CC1CPCCCC. The lowest BCUT2D eigenvalue weighted by atomic mass is 10.1. The first-order chi connectivity index (χ1) is 8.77. The zero-order chi connectivity index (χ0) is 13.2. The van der Waals surface area contributed by atoms with E-state index in [4.69, 9.17) is 0 Å². The van der Waals surface area contributed by atoms with Crippen molar-refractivity contribution in [2.45, 2.75) is 46.5 Å².